The van der Waals surface area contributed by atoms with Gasteiger partial charge >= 0.3 is 0 Å². The molecular weight excluding hydrogens is 378 g/mol. The first-order valence-corrected chi connectivity index (χ1v) is 11.4. The molecule has 3 saturated heterocycles. The van der Waals surface area contributed by atoms with Crippen molar-refractivity contribution >= 4 is 11.8 Å². The van der Waals surface area contributed by atoms with Crippen LogP contribution in [0.1, 0.15) is 50.1 Å². The summed E-state index contributed by atoms with van der Waals surface area (Å²) in [5, 5.41) is 0. The Balaban J connectivity index is 1.47. The SMILES string of the molecule is COc1ccc([C@H]2[C@@H](C(=O)N(C)C[C@@H]3CCCN4CCCC[C@H]34)CC(=O)N2C)cc1. The van der Waals surface area contributed by atoms with Gasteiger partial charge in [0.15, 0.2) is 0 Å². The largest absolute Gasteiger partial charge is 0.497 e. The second-order valence-electron chi connectivity index (χ2n) is 9.25. The molecule has 0 aromatic heterocycles. The lowest BCUT2D eigenvalue weighted by Crippen LogP contribution is -2.51. The van der Waals surface area contributed by atoms with Gasteiger partial charge in [-0.3, -0.25) is 9.59 Å². The number of hydrogen-bond donors (Lipinski definition) is 0. The molecule has 0 spiro atoms. The first-order chi connectivity index (χ1) is 14.5. The summed E-state index contributed by atoms with van der Waals surface area (Å²) >= 11 is 0. The number of piperidine rings is 2. The first kappa shape index (κ1) is 21.2. The molecule has 3 fully saturated rings. The molecule has 0 unspecified atom stereocenters. The van der Waals surface area contributed by atoms with E-state index in [0.717, 1.165) is 17.9 Å². The van der Waals surface area contributed by atoms with Crippen molar-refractivity contribution in [2.24, 2.45) is 11.8 Å². The molecule has 30 heavy (non-hydrogen) atoms. The fourth-order valence-electron chi connectivity index (χ4n) is 5.86. The zero-order chi connectivity index (χ0) is 21.3. The monoisotopic (exact) mass is 413 g/mol. The summed E-state index contributed by atoms with van der Waals surface area (Å²) < 4.78 is 5.26. The van der Waals surface area contributed by atoms with Gasteiger partial charge in [-0.15, -0.1) is 0 Å². The van der Waals surface area contributed by atoms with Crippen LogP contribution in [0.25, 0.3) is 0 Å². The number of rotatable bonds is 5. The smallest absolute Gasteiger partial charge is 0.228 e. The summed E-state index contributed by atoms with van der Waals surface area (Å²) in [4.78, 5) is 32.3. The molecule has 6 nitrogen and oxygen atoms in total. The third-order valence-corrected chi connectivity index (χ3v) is 7.47. The van der Waals surface area contributed by atoms with Crippen LogP contribution in [0.15, 0.2) is 24.3 Å². The fraction of sp³-hybridized carbons (Fsp3) is 0.667. The molecule has 2 amide bonds. The summed E-state index contributed by atoms with van der Waals surface area (Å²) in [6.07, 6.45) is 6.57. The van der Waals surface area contributed by atoms with Crippen molar-refractivity contribution in [3.8, 4) is 5.75 Å². The van der Waals surface area contributed by atoms with Gasteiger partial charge in [-0.25, -0.2) is 0 Å². The molecule has 0 radical (unpaired) electrons. The van der Waals surface area contributed by atoms with Crippen molar-refractivity contribution < 1.29 is 14.3 Å². The van der Waals surface area contributed by atoms with E-state index in [4.69, 9.17) is 4.74 Å². The van der Waals surface area contributed by atoms with Gasteiger partial charge in [-0.2, -0.15) is 0 Å². The van der Waals surface area contributed by atoms with Crippen molar-refractivity contribution in [3.05, 3.63) is 29.8 Å². The summed E-state index contributed by atoms with van der Waals surface area (Å²) in [5.74, 6) is 1.13. The van der Waals surface area contributed by atoms with E-state index in [1.165, 1.54) is 45.2 Å². The molecule has 4 atom stereocenters. The molecule has 0 N–H and O–H groups in total. The highest BCUT2D eigenvalue weighted by Gasteiger charge is 2.44. The van der Waals surface area contributed by atoms with E-state index in [9.17, 15) is 9.59 Å². The lowest BCUT2D eigenvalue weighted by molar-refractivity contribution is -0.136. The second kappa shape index (κ2) is 8.96. The molecular formula is C24H35N3O3. The van der Waals surface area contributed by atoms with Crippen LogP contribution in [0.4, 0.5) is 0 Å². The molecule has 1 aromatic rings. The van der Waals surface area contributed by atoms with E-state index >= 15 is 0 Å². The van der Waals surface area contributed by atoms with E-state index < -0.39 is 0 Å². The number of carbonyl (C=O) groups is 2. The van der Waals surface area contributed by atoms with Crippen LogP contribution in [0.2, 0.25) is 0 Å². The number of likely N-dealkylation sites (tertiary alicyclic amines) is 1. The van der Waals surface area contributed by atoms with Crippen molar-refractivity contribution in [3.63, 3.8) is 0 Å². The maximum Gasteiger partial charge on any atom is 0.228 e. The molecule has 0 saturated carbocycles. The number of carbonyl (C=O) groups excluding carboxylic acids is 2. The second-order valence-corrected chi connectivity index (χ2v) is 9.25. The van der Waals surface area contributed by atoms with Crippen molar-refractivity contribution in [1.82, 2.24) is 14.7 Å². The van der Waals surface area contributed by atoms with Gasteiger partial charge in [0.25, 0.3) is 0 Å². The normalized spacial score (nSPS) is 29.6. The molecule has 3 heterocycles. The minimum atomic E-state index is -0.327. The standard InChI is InChI=1S/C24H35N3O3/c1-25(16-18-7-6-14-27-13-5-4-8-21(18)27)24(29)20-15-22(28)26(2)23(20)17-9-11-19(30-3)12-10-17/h9-12,18,20-21,23H,4-8,13-16H2,1-3H3/t18-,20-,21+,23-/m0/s1. The molecule has 3 aliphatic heterocycles. The lowest BCUT2D eigenvalue weighted by atomic mass is 9.83. The summed E-state index contributed by atoms with van der Waals surface area (Å²) in [5.41, 5.74) is 0.993. The number of hydrogen-bond acceptors (Lipinski definition) is 4. The van der Waals surface area contributed by atoms with E-state index in [1.807, 2.05) is 43.3 Å². The van der Waals surface area contributed by atoms with Gasteiger partial charge < -0.3 is 19.4 Å². The van der Waals surface area contributed by atoms with Gasteiger partial charge in [0.1, 0.15) is 5.75 Å². The molecule has 3 aliphatic rings. The van der Waals surface area contributed by atoms with Crippen LogP contribution in [0.3, 0.4) is 0 Å². The third-order valence-electron chi connectivity index (χ3n) is 7.47. The quantitative estimate of drug-likeness (QED) is 0.745. The van der Waals surface area contributed by atoms with Crippen LogP contribution >= 0.6 is 0 Å². The highest BCUT2D eigenvalue weighted by atomic mass is 16.5. The van der Waals surface area contributed by atoms with Crippen LogP contribution < -0.4 is 4.74 Å². The van der Waals surface area contributed by atoms with Gasteiger partial charge in [0.2, 0.25) is 11.8 Å². The minimum Gasteiger partial charge on any atom is -0.497 e. The Hall–Kier alpha value is -2.08. The average Bonchev–Trinajstić information content (AvgIpc) is 3.07. The molecule has 0 bridgehead atoms. The van der Waals surface area contributed by atoms with Crippen LogP contribution in [-0.4, -0.2) is 73.4 Å². The maximum absolute atomic E-state index is 13.5. The fourth-order valence-corrected chi connectivity index (χ4v) is 5.86. The van der Waals surface area contributed by atoms with Crippen molar-refractivity contribution in [2.45, 2.75) is 50.6 Å². The van der Waals surface area contributed by atoms with Gasteiger partial charge in [0.05, 0.1) is 19.1 Å². The van der Waals surface area contributed by atoms with Crippen LogP contribution in [-0.2, 0) is 9.59 Å². The highest BCUT2D eigenvalue weighted by Crippen LogP contribution is 2.39. The number of benzene rings is 1. The predicted molar refractivity (Wildman–Crippen MR) is 116 cm³/mol. The van der Waals surface area contributed by atoms with Crippen LogP contribution in [0.5, 0.6) is 5.75 Å². The van der Waals surface area contributed by atoms with E-state index in [-0.39, 0.29) is 30.2 Å². The van der Waals surface area contributed by atoms with Gasteiger partial charge in [-0.1, -0.05) is 18.6 Å². The van der Waals surface area contributed by atoms with Crippen LogP contribution in [0, 0.1) is 11.8 Å². The Bertz CT molecular complexity index is 763. The predicted octanol–water partition coefficient (Wildman–Crippen LogP) is 2.94. The minimum absolute atomic E-state index is 0.0405. The highest BCUT2D eigenvalue weighted by molar-refractivity contribution is 5.90. The molecule has 0 aliphatic carbocycles. The van der Waals surface area contributed by atoms with Crippen molar-refractivity contribution in [1.29, 1.82) is 0 Å². The lowest BCUT2D eigenvalue weighted by Gasteiger charge is -2.45. The zero-order valence-electron chi connectivity index (χ0n) is 18.5. The Labute approximate surface area is 180 Å². The number of methoxy groups -OCH3 is 1. The molecule has 164 valence electrons. The first-order valence-electron chi connectivity index (χ1n) is 11.4. The Morgan fingerprint density at radius 2 is 1.87 bits per heavy atom. The summed E-state index contributed by atoms with van der Waals surface area (Å²) in [7, 11) is 5.38. The number of ether oxygens (including phenoxy) is 1. The average molecular weight is 414 g/mol. The van der Waals surface area contributed by atoms with E-state index in [1.54, 1.807) is 12.0 Å². The molecule has 6 heteroatoms. The van der Waals surface area contributed by atoms with Crippen molar-refractivity contribution in [2.75, 3.05) is 40.8 Å². The maximum atomic E-state index is 13.5. The molecule has 4 rings (SSSR count). The third kappa shape index (κ3) is 4.07. The van der Waals surface area contributed by atoms with E-state index in [0.29, 0.717) is 12.0 Å². The number of amides is 2. The Morgan fingerprint density at radius 1 is 1.13 bits per heavy atom. The van der Waals surface area contributed by atoms with E-state index in [2.05, 4.69) is 4.90 Å². The molecule has 1 aromatic carbocycles. The topological polar surface area (TPSA) is 53.1 Å². The number of fused-ring (bicyclic) bond motifs is 1. The summed E-state index contributed by atoms with van der Waals surface area (Å²) in [6.45, 7) is 3.21. The number of nitrogens with zero attached hydrogens (tertiary/aromatic N) is 3. The summed E-state index contributed by atoms with van der Waals surface area (Å²) in [6, 6.07) is 8.15. The Morgan fingerprint density at radius 3 is 2.60 bits per heavy atom. The zero-order valence-corrected chi connectivity index (χ0v) is 18.5. The van der Waals surface area contributed by atoms with Gasteiger partial charge in [0, 0.05) is 33.1 Å². The Kier molecular flexibility index (Phi) is 6.32. The van der Waals surface area contributed by atoms with Gasteiger partial charge in [-0.05, 0) is 62.4 Å².